The molecule has 1 unspecified atom stereocenters. The Labute approximate surface area is 119 Å². The number of rotatable bonds is 5. The maximum atomic E-state index is 10.5. The maximum absolute atomic E-state index is 10.5. The van der Waals surface area contributed by atoms with Crippen LogP contribution in [-0.4, -0.2) is 5.11 Å². The minimum Gasteiger partial charge on any atom is -0.457 e. The van der Waals surface area contributed by atoms with Crippen molar-refractivity contribution < 1.29 is 9.84 Å². The van der Waals surface area contributed by atoms with E-state index in [1.807, 2.05) is 61.5 Å². The summed E-state index contributed by atoms with van der Waals surface area (Å²) in [5.74, 6) is 1.53. The van der Waals surface area contributed by atoms with Crippen molar-refractivity contribution in [1.82, 2.24) is 0 Å². The van der Waals surface area contributed by atoms with Crippen LogP contribution in [0.15, 0.2) is 73.0 Å². The number of para-hydroxylation sites is 1. The molecule has 0 spiro atoms. The predicted molar refractivity (Wildman–Crippen MR) is 80.9 cm³/mol. The highest BCUT2D eigenvalue weighted by atomic mass is 16.5. The molecule has 1 N–H and O–H groups in total. The Kier molecular flexibility index (Phi) is 4.41. The first-order valence-corrected chi connectivity index (χ1v) is 6.61. The third kappa shape index (κ3) is 3.18. The van der Waals surface area contributed by atoms with E-state index < -0.39 is 5.60 Å². The molecule has 0 amide bonds. The van der Waals surface area contributed by atoms with Gasteiger partial charge in [-0.2, -0.15) is 0 Å². The summed E-state index contributed by atoms with van der Waals surface area (Å²) in [5.41, 5.74) is 2.44. The average molecular weight is 266 g/mol. The Bertz CT molecular complexity index is 595. The quantitative estimate of drug-likeness (QED) is 0.812. The maximum Gasteiger partial charge on any atom is 0.127 e. The van der Waals surface area contributed by atoms with Gasteiger partial charge in [0.1, 0.15) is 17.1 Å². The summed E-state index contributed by atoms with van der Waals surface area (Å²) in [4.78, 5) is 0. The molecule has 2 aromatic carbocycles. The molecule has 0 heterocycles. The summed E-state index contributed by atoms with van der Waals surface area (Å²) in [5, 5.41) is 10.5. The predicted octanol–water partition coefficient (Wildman–Crippen LogP) is 4.42. The molecule has 0 saturated carbocycles. The van der Waals surface area contributed by atoms with Gasteiger partial charge in [0.25, 0.3) is 0 Å². The van der Waals surface area contributed by atoms with Crippen LogP contribution in [0.25, 0.3) is 0 Å². The van der Waals surface area contributed by atoms with Crippen molar-refractivity contribution in [3.05, 3.63) is 78.5 Å². The lowest BCUT2D eigenvalue weighted by atomic mass is 9.91. The smallest absolute Gasteiger partial charge is 0.127 e. The van der Waals surface area contributed by atoms with Crippen LogP contribution in [-0.2, 0) is 5.60 Å². The van der Waals surface area contributed by atoms with Gasteiger partial charge in [-0.05, 0) is 42.3 Å². The Morgan fingerprint density at radius 1 is 1.10 bits per heavy atom. The molecule has 0 aliphatic heterocycles. The minimum atomic E-state index is -1.02. The van der Waals surface area contributed by atoms with Crippen LogP contribution in [0.4, 0.5) is 0 Å². The van der Waals surface area contributed by atoms with Crippen LogP contribution >= 0.6 is 0 Å². The van der Waals surface area contributed by atoms with Gasteiger partial charge >= 0.3 is 0 Å². The van der Waals surface area contributed by atoms with Gasteiger partial charge in [-0.25, -0.2) is 0 Å². The van der Waals surface area contributed by atoms with Crippen molar-refractivity contribution in [3.8, 4) is 11.5 Å². The summed E-state index contributed by atoms with van der Waals surface area (Å²) in [6, 6.07) is 17.0. The number of aliphatic hydroxyl groups is 1. The fraction of sp³-hybridized carbons (Fsp3) is 0.167. The number of benzene rings is 2. The summed E-state index contributed by atoms with van der Waals surface area (Å²) < 4.78 is 5.72. The van der Waals surface area contributed by atoms with Crippen molar-refractivity contribution in [2.24, 2.45) is 0 Å². The molecule has 0 aliphatic rings. The second kappa shape index (κ2) is 6.25. The highest BCUT2D eigenvalue weighted by molar-refractivity contribution is 5.36. The third-order valence-corrected chi connectivity index (χ3v) is 3.21. The van der Waals surface area contributed by atoms with Crippen LogP contribution in [0.5, 0.6) is 11.5 Å². The van der Waals surface area contributed by atoms with E-state index in [-0.39, 0.29) is 0 Å². The van der Waals surface area contributed by atoms with Crippen LogP contribution in [0.2, 0.25) is 0 Å². The van der Waals surface area contributed by atoms with E-state index in [0.29, 0.717) is 6.42 Å². The molecule has 0 bridgehead atoms. The van der Waals surface area contributed by atoms with Crippen LogP contribution in [0.3, 0.4) is 0 Å². The van der Waals surface area contributed by atoms with Gasteiger partial charge in [-0.1, -0.05) is 43.8 Å². The van der Waals surface area contributed by atoms with E-state index in [1.54, 1.807) is 6.08 Å². The zero-order chi connectivity index (χ0) is 14.4. The number of hydrogen-bond acceptors (Lipinski definition) is 2. The van der Waals surface area contributed by atoms with E-state index in [0.717, 1.165) is 17.1 Å². The number of hydrogen-bond donors (Lipinski definition) is 1. The molecule has 0 radical (unpaired) electrons. The average Bonchev–Trinajstić information content (AvgIpc) is 2.49. The summed E-state index contributed by atoms with van der Waals surface area (Å²) in [7, 11) is 0. The van der Waals surface area contributed by atoms with Gasteiger partial charge in [0.15, 0.2) is 0 Å². The highest BCUT2D eigenvalue weighted by Gasteiger charge is 2.23. The minimum absolute atomic E-state index is 0.564. The number of ether oxygens (including phenoxy) is 1. The lowest BCUT2D eigenvalue weighted by Crippen LogP contribution is -2.21. The zero-order valence-electron chi connectivity index (χ0n) is 11.5. The van der Waals surface area contributed by atoms with Gasteiger partial charge in [-0.15, -0.1) is 5.73 Å². The first-order valence-electron chi connectivity index (χ1n) is 6.61. The molecule has 2 aromatic rings. The summed E-state index contributed by atoms with van der Waals surface area (Å²) in [6.07, 6.45) is 2.15. The molecule has 0 aliphatic carbocycles. The molecular formula is C18H18O2. The van der Waals surface area contributed by atoms with E-state index in [4.69, 9.17) is 4.74 Å². The van der Waals surface area contributed by atoms with E-state index in [9.17, 15) is 5.11 Å². The van der Waals surface area contributed by atoms with Crippen LogP contribution in [0.1, 0.15) is 18.9 Å². The fourth-order valence-corrected chi connectivity index (χ4v) is 1.99. The second-order valence-corrected chi connectivity index (χ2v) is 4.57. The molecule has 102 valence electrons. The van der Waals surface area contributed by atoms with Crippen molar-refractivity contribution in [2.45, 2.75) is 18.9 Å². The largest absolute Gasteiger partial charge is 0.457 e. The highest BCUT2D eigenvalue weighted by Crippen LogP contribution is 2.29. The topological polar surface area (TPSA) is 29.5 Å². The van der Waals surface area contributed by atoms with Gasteiger partial charge in [0.05, 0.1) is 0 Å². The Morgan fingerprint density at radius 3 is 2.25 bits per heavy atom. The van der Waals surface area contributed by atoms with Crippen molar-refractivity contribution in [2.75, 3.05) is 0 Å². The zero-order valence-corrected chi connectivity index (χ0v) is 11.5. The molecular weight excluding hydrogens is 248 g/mol. The fourth-order valence-electron chi connectivity index (χ4n) is 1.99. The lowest BCUT2D eigenvalue weighted by Gasteiger charge is -2.22. The summed E-state index contributed by atoms with van der Waals surface area (Å²) >= 11 is 0. The van der Waals surface area contributed by atoms with E-state index in [2.05, 4.69) is 12.3 Å². The third-order valence-electron chi connectivity index (χ3n) is 3.21. The molecule has 2 heteroatoms. The lowest BCUT2D eigenvalue weighted by molar-refractivity contribution is 0.0854. The monoisotopic (exact) mass is 266 g/mol. The van der Waals surface area contributed by atoms with Crippen molar-refractivity contribution in [3.63, 3.8) is 0 Å². The van der Waals surface area contributed by atoms with Gasteiger partial charge in [-0.3, -0.25) is 0 Å². The molecule has 2 rings (SSSR count). The SMILES string of the molecule is C=C=CC(O)(CC)c1ccc(Oc2ccccc2)cc1. The van der Waals surface area contributed by atoms with Gasteiger partial charge in [0.2, 0.25) is 0 Å². The molecule has 20 heavy (non-hydrogen) atoms. The molecule has 1 atom stereocenters. The first-order chi connectivity index (χ1) is 9.68. The molecule has 2 nitrogen and oxygen atoms in total. The van der Waals surface area contributed by atoms with E-state index in [1.165, 1.54) is 0 Å². The standard InChI is InChI=1S/C18H18O2/c1-3-14-18(19,4-2)15-10-12-17(13-11-15)20-16-8-6-5-7-9-16/h5-14,19H,1,4H2,2H3. The van der Waals surface area contributed by atoms with E-state index >= 15 is 0 Å². The van der Waals surface area contributed by atoms with Crippen molar-refractivity contribution in [1.29, 1.82) is 0 Å². The molecule has 0 fully saturated rings. The normalized spacial score (nSPS) is 13.1. The Morgan fingerprint density at radius 2 is 1.70 bits per heavy atom. The van der Waals surface area contributed by atoms with Gasteiger partial charge in [0, 0.05) is 0 Å². The summed E-state index contributed by atoms with van der Waals surface area (Å²) in [6.45, 7) is 5.45. The van der Waals surface area contributed by atoms with Crippen molar-refractivity contribution >= 4 is 0 Å². The van der Waals surface area contributed by atoms with Crippen LogP contribution < -0.4 is 4.74 Å². The van der Waals surface area contributed by atoms with Crippen LogP contribution in [0, 0.1) is 0 Å². The first kappa shape index (κ1) is 14.1. The Balaban J connectivity index is 2.20. The molecule has 0 saturated heterocycles. The second-order valence-electron chi connectivity index (χ2n) is 4.57. The molecule has 0 aromatic heterocycles. The Hall–Kier alpha value is -2.28. The van der Waals surface area contributed by atoms with Gasteiger partial charge < -0.3 is 9.84 Å².